The molecule has 0 aromatic heterocycles. The molecule has 14 heavy (non-hydrogen) atoms. The van der Waals surface area contributed by atoms with E-state index in [2.05, 4.69) is 6.58 Å². The number of carbonyl (C=O) groups is 1. The first-order valence-corrected chi connectivity index (χ1v) is 4.25. The van der Waals surface area contributed by atoms with Crippen LogP contribution in [0.3, 0.4) is 0 Å². The molecule has 0 spiro atoms. The van der Waals surface area contributed by atoms with Gasteiger partial charge in [0.05, 0.1) is 13.2 Å². The molecule has 0 bridgehead atoms. The summed E-state index contributed by atoms with van der Waals surface area (Å²) in [5, 5.41) is 0. The highest BCUT2D eigenvalue weighted by atomic mass is 16.7. The van der Waals surface area contributed by atoms with Gasteiger partial charge < -0.3 is 15.2 Å². The van der Waals surface area contributed by atoms with E-state index in [-0.39, 0.29) is 0 Å². The third-order valence-electron chi connectivity index (χ3n) is 1.73. The minimum atomic E-state index is -0.421. The van der Waals surface area contributed by atoms with E-state index in [1.807, 2.05) is 0 Å². The SMILES string of the molecule is C=C(C=O)/C=C\C(=C/N)C1OCCO1. The Kier molecular flexibility index (Phi) is 4.10. The van der Waals surface area contributed by atoms with E-state index < -0.39 is 6.29 Å². The Bertz CT molecular complexity index is 275. The van der Waals surface area contributed by atoms with Crippen molar-refractivity contribution in [2.24, 2.45) is 5.73 Å². The van der Waals surface area contributed by atoms with Crippen LogP contribution in [0, 0.1) is 0 Å². The molecule has 1 fully saturated rings. The Morgan fingerprint density at radius 1 is 1.36 bits per heavy atom. The van der Waals surface area contributed by atoms with E-state index in [1.165, 1.54) is 6.20 Å². The van der Waals surface area contributed by atoms with E-state index in [1.54, 1.807) is 12.2 Å². The van der Waals surface area contributed by atoms with Gasteiger partial charge in [-0.3, -0.25) is 4.79 Å². The Labute approximate surface area is 82.7 Å². The van der Waals surface area contributed by atoms with E-state index >= 15 is 0 Å². The van der Waals surface area contributed by atoms with Crippen LogP contribution < -0.4 is 5.73 Å². The lowest BCUT2D eigenvalue weighted by Gasteiger charge is -2.08. The van der Waals surface area contributed by atoms with Crippen LogP contribution in [0.15, 0.2) is 36.1 Å². The van der Waals surface area contributed by atoms with Crippen LogP contribution in [0.5, 0.6) is 0 Å². The monoisotopic (exact) mass is 195 g/mol. The van der Waals surface area contributed by atoms with Crippen LogP contribution in [0.2, 0.25) is 0 Å². The Morgan fingerprint density at radius 3 is 2.50 bits per heavy atom. The zero-order valence-corrected chi connectivity index (χ0v) is 7.81. The molecule has 0 saturated carbocycles. The van der Waals surface area contributed by atoms with Crippen LogP contribution in [-0.2, 0) is 14.3 Å². The molecule has 1 aliphatic heterocycles. The molecule has 1 rings (SSSR count). The van der Waals surface area contributed by atoms with Gasteiger partial charge in [0.25, 0.3) is 0 Å². The molecule has 1 heterocycles. The third kappa shape index (κ3) is 2.83. The number of carbonyl (C=O) groups excluding carboxylic acids is 1. The van der Waals surface area contributed by atoms with Crippen molar-refractivity contribution in [2.45, 2.75) is 6.29 Å². The summed E-state index contributed by atoms with van der Waals surface area (Å²) >= 11 is 0. The summed E-state index contributed by atoms with van der Waals surface area (Å²) in [7, 11) is 0. The second-order valence-corrected chi connectivity index (χ2v) is 2.77. The molecule has 2 N–H and O–H groups in total. The average molecular weight is 195 g/mol. The topological polar surface area (TPSA) is 61.6 Å². The highest BCUT2D eigenvalue weighted by molar-refractivity contribution is 5.76. The zero-order valence-electron chi connectivity index (χ0n) is 7.81. The molecule has 4 nitrogen and oxygen atoms in total. The van der Waals surface area contributed by atoms with Crippen LogP contribution in [-0.4, -0.2) is 25.8 Å². The van der Waals surface area contributed by atoms with Crippen LogP contribution in [0.25, 0.3) is 0 Å². The van der Waals surface area contributed by atoms with Crippen LogP contribution in [0.4, 0.5) is 0 Å². The van der Waals surface area contributed by atoms with Gasteiger partial charge in [0.15, 0.2) is 6.29 Å². The normalized spacial score (nSPS) is 19.0. The minimum Gasteiger partial charge on any atom is -0.404 e. The van der Waals surface area contributed by atoms with E-state index in [4.69, 9.17) is 15.2 Å². The van der Waals surface area contributed by atoms with Gasteiger partial charge in [-0.15, -0.1) is 0 Å². The molecule has 1 saturated heterocycles. The fourth-order valence-electron chi connectivity index (χ4n) is 1.01. The van der Waals surface area contributed by atoms with Crippen molar-refractivity contribution < 1.29 is 14.3 Å². The van der Waals surface area contributed by atoms with Crippen molar-refractivity contribution in [3.05, 3.63) is 36.1 Å². The van der Waals surface area contributed by atoms with Crippen LogP contribution in [0.1, 0.15) is 0 Å². The maximum atomic E-state index is 10.3. The van der Waals surface area contributed by atoms with Gasteiger partial charge in [-0.2, -0.15) is 0 Å². The summed E-state index contributed by atoms with van der Waals surface area (Å²) in [4.78, 5) is 10.3. The summed E-state index contributed by atoms with van der Waals surface area (Å²) in [5.74, 6) is 0. The van der Waals surface area contributed by atoms with Crippen molar-refractivity contribution in [3.63, 3.8) is 0 Å². The molecule has 4 heteroatoms. The summed E-state index contributed by atoms with van der Waals surface area (Å²) in [6.07, 6.45) is 4.87. The highest BCUT2D eigenvalue weighted by Crippen LogP contribution is 2.14. The summed E-state index contributed by atoms with van der Waals surface area (Å²) in [6.45, 7) is 4.62. The molecule has 0 aromatic rings. The molecule has 1 aliphatic rings. The maximum Gasteiger partial charge on any atom is 0.185 e. The van der Waals surface area contributed by atoms with Gasteiger partial charge in [0.2, 0.25) is 0 Å². The van der Waals surface area contributed by atoms with Crippen molar-refractivity contribution in [1.29, 1.82) is 0 Å². The molecule has 0 aliphatic carbocycles. The number of hydrogen-bond donors (Lipinski definition) is 1. The lowest BCUT2D eigenvalue weighted by molar-refractivity contribution is -0.104. The standard InChI is InChI=1S/C10H13NO3/c1-8(7-12)2-3-9(6-11)10-13-4-5-14-10/h2-3,6-7,10H,1,4-5,11H2/b3-2-,9-6+. The van der Waals surface area contributed by atoms with Gasteiger partial charge in [-0.1, -0.05) is 18.7 Å². The third-order valence-corrected chi connectivity index (χ3v) is 1.73. The minimum absolute atomic E-state index is 0.377. The van der Waals surface area contributed by atoms with Gasteiger partial charge >= 0.3 is 0 Å². The quantitative estimate of drug-likeness (QED) is 0.403. The number of hydrogen-bond acceptors (Lipinski definition) is 4. The van der Waals surface area contributed by atoms with E-state index in [9.17, 15) is 4.79 Å². The van der Waals surface area contributed by atoms with Crippen molar-refractivity contribution in [2.75, 3.05) is 13.2 Å². The summed E-state index contributed by atoms with van der Waals surface area (Å²) in [5.41, 5.74) is 6.45. The molecule has 0 aromatic carbocycles. The van der Waals surface area contributed by atoms with E-state index in [0.29, 0.717) is 30.6 Å². The highest BCUT2D eigenvalue weighted by Gasteiger charge is 2.18. The second-order valence-electron chi connectivity index (χ2n) is 2.77. The Balaban J connectivity index is 2.59. The van der Waals surface area contributed by atoms with Gasteiger partial charge in [0.1, 0.15) is 6.29 Å². The second kappa shape index (κ2) is 5.36. The van der Waals surface area contributed by atoms with Gasteiger partial charge in [-0.25, -0.2) is 0 Å². The first-order valence-electron chi connectivity index (χ1n) is 4.25. The summed E-state index contributed by atoms with van der Waals surface area (Å²) in [6, 6.07) is 0. The van der Waals surface area contributed by atoms with Gasteiger partial charge in [-0.05, 0) is 0 Å². The first-order chi connectivity index (χ1) is 6.77. The Hall–Kier alpha value is -1.39. The Morgan fingerprint density at radius 2 is 2.00 bits per heavy atom. The molecular formula is C10H13NO3. The largest absolute Gasteiger partial charge is 0.404 e. The first kappa shape index (κ1) is 10.7. The predicted molar refractivity (Wildman–Crippen MR) is 52.3 cm³/mol. The van der Waals surface area contributed by atoms with Crippen molar-refractivity contribution >= 4 is 6.29 Å². The van der Waals surface area contributed by atoms with Crippen molar-refractivity contribution in [1.82, 2.24) is 0 Å². The number of rotatable bonds is 4. The number of nitrogens with two attached hydrogens (primary N) is 1. The fraction of sp³-hybridized carbons (Fsp3) is 0.300. The molecule has 0 radical (unpaired) electrons. The van der Waals surface area contributed by atoms with Crippen LogP contribution >= 0.6 is 0 Å². The lowest BCUT2D eigenvalue weighted by Crippen LogP contribution is -2.11. The molecule has 0 unspecified atom stereocenters. The number of aldehydes is 1. The number of ether oxygens (including phenoxy) is 2. The summed E-state index contributed by atoms with van der Waals surface area (Å²) < 4.78 is 10.5. The smallest absolute Gasteiger partial charge is 0.185 e. The average Bonchev–Trinajstić information content (AvgIpc) is 2.72. The fourth-order valence-corrected chi connectivity index (χ4v) is 1.01. The molecule has 0 amide bonds. The number of allylic oxidation sites excluding steroid dienone is 2. The van der Waals surface area contributed by atoms with Crippen molar-refractivity contribution in [3.8, 4) is 0 Å². The molecule has 0 atom stereocenters. The zero-order chi connectivity index (χ0) is 10.4. The van der Waals surface area contributed by atoms with Gasteiger partial charge in [0, 0.05) is 17.3 Å². The molecule has 76 valence electrons. The van der Waals surface area contributed by atoms with E-state index in [0.717, 1.165) is 0 Å². The molecular weight excluding hydrogens is 182 g/mol. The lowest BCUT2D eigenvalue weighted by atomic mass is 10.2. The maximum absolute atomic E-state index is 10.3. The predicted octanol–water partition coefficient (Wildman–Crippen LogP) is 0.513.